The molecule has 1 heterocycles. The van der Waals surface area contributed by atoms with Crippen LogP contribution in [0.25, 0.3) is 0 Å². The van der Waals surface area contributed by atoms with E-state index in [-0.39, 0.29) is 41.6 Å². The second kappa shape index (κ2) is 13.7. The third-order valence-corrected chi connectivity index (χ3v) is 7.23. The number of hydrogen-bond donors (Lipinski definition) is 3. The largest absolute Gasteiger partial charge is 0.490 e. The fraction of sp³-hybridized carbons (Fsp3) is 0.235. The number of pyridine rings is 1. The van der Waals surface area contributed by atoms with E-state index in [0.717, 1.165) is 37.0 Å². The average molecular weight is 580 g/mol. The highest BCUT2D eigenvalue weighted by molar-refractivity contribution is 6.01. The Morgan fingerprint density at radius 2 is 1.63 bits per heavy atom. The molecule has 0 atom stereocenters. The molecule has 1 aromatic heterocycles. The zero-order valence-corrected chi connectivity index (χ0v) is 23.8. The molecular formula is C34H33N3O6. The second-order valence-electron chi connectivity index (χ2n) is 10.6. The van der Waals surface area contributed by atoms with Crippen molar-refractivity contribution in [3.05, 3.63) is 113 Å². The van der Waals surface area contributed by atoms with Crippen LogP contribution >= 0.6 is 0 Å². The summed E-state index contributed by atoms with van der Waals surface area (Å²) in [6, 6.07) is 24.8. The van der Waals surface area contributed by atoms with Crippen LogP contribution < -0.4 is 20.1 Å². The quantitative estimate of drug-likeness (QED) is 0.205. The summed E-state index contributed by atoms with van der Waals surface area (Å²) in [5.41, 5.74) is 2.69. The number of carbonyl (C=O) groups excluding carboxylic acids is 2. The number of carbonyl (C=O) groups is 3. The lowest BCUT2D eigenvalue weighted by atomic mass is 9.92. The van der Waals surface area contributed by atoms with Crippen LogP contribution in [0.5, 0.6) is 17.4 Å². The Labute approximate surface area is 249 Å². The zero-order valence-electron chi connectivity index (χ0n) is 23.8. The van der Waals surface area contributed by atoms with Crippen LogP contribution in [0.15, 0.2) is 91.1 Å². The monoisotopic (exact) mass is 579 g/mol. The van der Waals surface area contributed by atoms with Crippen LogP contribution in [0.2, 0.25) is 0 Å². The highest BCUT2D eigenvalue weighted by Gasteiger charge is 2.24. The van der Waals surface area contributed by atoms with Crippen molar-refractivity contribution in [1.82, 2.24) is 10.3 Å². The Hall–Kier alpha value is -5.18. The summed E-state index contributed by atoms with van der Waals surface area (Å²) in [4.78, 5) is 40.6. The van der Waals surface area contributed by atoms with Gasteiger partial charge in [-0.2, -0.15) is 0 Å². The van der Waals surface area contributed by atoms with E-state index in [9.17, 15) is 19.5 Å². The maximum atomic E-state index is 12.6. The standard InChI is InChI=1S/C34H33N3O6/c1-22-5-4-6-24(19-22)33(39)36-25-10-12-26(13-11-25)42-27-14-16-28(17-15-27)43-32-18-9-23(21-35-32)20-31(38)37-30-8-3-2-7-29(30)34(40)41/h2-9,14-19,21,25-26H,10-13,20H2,1H3,(H,36,39)(H,37,38)(H,40,41). The molecule has 0 spiro atoms. The minimum atomic E-state index is -1.11. The normalized spacial score (nSPS) is 16.1. The first kappa shape index (κ1) is 29.3. The zero-order chi connectivity index (χ0) is 30.2. The minimum Gasteiger partial charge on any atom is -0.490 e. The molecule has 1 saturated carbocycles. The molecule has 1 aliphatic rings. The summed E-state index contributed by atoms with van der Waals surface area (Å²) in [6.07, 6.45) is 5.12. The number of anilines is 1. The summed E-state index contributed by atoms with van der Waals surface area (Å²) < 4.78 is 12.0. The first-order chi connectivity index (χ1) is 20.8. The van der Waals surface area contributed by atoms with E-state index in [1.165, 1.54) is 6.07 Å². The molecule has 4 aromatic rings. The summed E-state index contributed by atoms with van der Waals surface area (Å²) >= 11 is 0. The van der Waals surface area contributed by atoms with Gasteiger partial charge in [0.25, 0.3) is 5.91 Å². The number of carboxylic acid groups (broad SMARTS) is 1. The predicted octanol–water partition coefficient (Wildman–Crippen LogP) is 6.18. The number of amides is 2. The van der Waals surface area contributed by atoms with E-state index >= 15 is 0 Å². The molecule has 43 heavy (non-hydrogen) atoms. The van der Waals surface area contributed by atoms with Gasteiger partial charge in [-0.15, -0.1) is 0 Å². The molecule has 3 N–H and O–H groups in total. The summed E-state index contributed by atoms with van der Waals surface area (Å²) in [5, 5.41) is 15.1. The van der Waals surface area contributed by atoms with Crippen LogP contribution in [0, 0.1) is 6.92 Å². The highest BCUT2D eigenvalue weighted by atomic mass is 16.5. The van der Waals surface area contributed by atoms with Crippen molar-refractivity contribution < 1.29 is 29.0 Å². The number of ether oxygens (including phenoxy) is 2. The molecular weight excluding hydrogens is 546 g/mol. The second-order valence-corrected chi connectivity index (χ2v) is 10.6. The maximum Gasteiger partial charge on any atom is 0.337 e. The molecule has 1 aliphatic carbocycles. The summed E-state index contributed by atoms with van der Waals surface area (Å²) in [6.45, 7) is 1.98. The topological polar surface area (TPSA) is 127 Å². The SMILES string of the molecule is Cc1cccc(C(=O)NC2CCC(Oc3ccc(Oc4ccc(CC(=O)Nc5ccccc5C(=O)O)cn4)cc3)CC2)c1. The van der Waals surface area contributed by atoms with Crippen LogP contribution in [0.1, 0.15) is 57.5 Å². The Balaban J connectivity index is 1.06. The van der Waals surface area contributed by atoms with E-state index in [1.807, 2.05) is 55.5 Å². The van der Waals surface area contributed by atoms with Crippen molar-refractivity contribution >= 4 is 23.5 Å². The van der Waals surface area contributed by atoms with Crippen LogP contribution in [0.4, 0.5) is 5.69 Å². The van der Waals surface area contributed by atoms with E-state index < -0.39 is 5.97 Å². The predicted molar refractivity (Wildman–Crippen MR) is 162 cm³/mol. The minimum absolute atomic E-state index is 0.0288. The van der Waals surface area contributed by atoms with Gasteiger partial charge in [-0.1, -0.05) is 35.9 Å². The van der Waals surface area contributed by atoms with Gasteiger partial charge in [0, 0.05) is 23.9 Å². The van der Waals surface area contributed by atoms with Crippen molar-refractivity contribution in [3.8, 4) is 17.4 Å². The number of rotatable bonds is 10. The number of aromatic carboxylic acids is 1. The third kappa shape index (κ3) is 8.19. The molecule has 5 rings (SSSR count). The fourth-order valence-corrected chi connectivity index (χ4v) is 5.01. The van der Waals surface area contributed by atoms with Gasteiger partial charge in [0.1, 0.15) is 11.5 Å². The molecule has 0 aliphatic heterocycles. The number of para-hydroxylation sites is 1. The number of benzene rings is 3. The lowest BCUT2D eigenvalue weighted by molar-refractivity contribution is -0.115. The third-order valence-electron chi connectivity index (χ3n) is 7.23. The number of carboxylic acids is 1. The van der Waals surface area contributed by atoms with Crippen LogP contribution in [-0.2, 0) is 11.2 Å². The lowest BCUT2D eigenvalue weighted by Crippen LogP contribution is -2.39. The molecule has 0 unspecified atom stereocenters. The molecule has 1 fully saturated rings. The van der Waals surface area contributed by atoms with E-state index in [4.69, 9.17) is 9.47 Å². The smallest absolute Gasteiger partial charge is 0.337 e. The first-order valence-electron chi connectivity index (χ1n) is 14.2. The van der Waals surface area contributed by atoms with Gasteiger partial charge < -0.3 is 25.2 Å². The molecule has 3 aromatic carbocycles. The molecule has 9 nitrogen and oxygen atoms in total. The summed E-state index contributed by atoms with van der Waals surface area (Å²) in [7, 11) is 0. The lowest BCUT2D eigenvalue weighted by Gasteiger charge is -2.29. The van der Waals surface area contributed by atoms with Gasteiger partial charge in [-0.25, -0.2) is 9.78 Å². The molecule has 2 amide bonds. The van der Waals surface area contributed by atoms with Crippen molar-refractivity contribution in [2.24, 2.45) is 0 Å². The summed E-state index contributed by atoms with van der Waals surface area (Å²) in [5.74, 6) is 0.233. The van der Waals surface area contributed by atoms with Gasteiger partial charge in [0.15, 0.2) is 0 Å². The number of nitrogens with zero attached hydrogens (tertiary/aromatic N) is 1. The van der Waals surface area contributed by atoms with Gasteiger partial charge in [0.2, 0.25) is 11.8 Å². The first-order valence-corrected chi connectivity index (χ1v) is 14.2. The van der Waals surface area contributed by atoms with Crippen molar-refractivity contribution in [2.75, 3.05) is 5.32 Å². The van der Waals surface area contributed by atoms with E-state index in [2.05, 4.69) is 15.6 Å². The number of hydrogen-bond acceptors (Lipinski definition) is 6. The van der Waals surface area contributed by atoms with Crippen molar-refractivity contribution in [2.45, 2.75) is 51.2 Å². The van der Waals surface area contributed by atoms with Gasteiger partial charge in [0.05, 0.1) is 23.8 Å². The van der Waals surface area contributed by atoms with Crippen molar-refractivity contribution in [1.29, 1.82) is 0 Å². The Bertz CT molecular complexity index is 1580. The maximum absolute atomic E-state index is 12.6. The molecule has 0 bridgehead atoms. The van der Waals surface area contributed by atoms with E-state index in [0.29, 0.717) is 22.8 Å². The Morgan fingerprint density at radius 1 is 0.884 bits per heavy atom. The average Bonchev–Trinajstić information content (AvgIpc) is 3.00. The Morgan fingerprint density at radius 3 is 2.33 bits per heavy atom. The molecule has 9 heteroatoms. The van der Waals surface area contributed by atoms with Gasteiger partial charge in [-0.3, -0.25) is 9.59 Å². The highest BCUT2D eigenvalue weighted by Crippen LogP contribution is 2.27. The molecule has 220 valence electrons. The fourth-order valence-electron chi connectivity index (χ4n) is 5.01. The Kier molecular flexibility index (Phi) is 9.31. The number of aryl methyl sites for hydroxylation is 1. The number of aromatic nitrogens is 1. The van der Waals surface area contributed by atoms with E-state index in [1.54, 1.807) is 36.5 Å². The van der Waals surface area contributed by atoms with Crippen LogP contribution in [0.3, 0.4) is 0 Å². The van der Waals surface area contributed by atoms with Gasteiger partial charge >= 0.3 is 5.97 Å². The molecule has 0 saturated heterocycles. The van der Waals surface area contributed by atoms with Gasteiger partial charge in [-0.05, 0) is 86.7 Å². The molecule has 0 radical (unpaired) electrons. The van der Waals surface area contributed by atoms with Crippen LogP contribution in [-0.4, -0.2) is 40.0 Å². The van der Waals surface area contributed by atoms with Crippen molar-refractivity contribution in [3.63, 3.8) is 0 Å². The number of nitrogens with one attached hydrogen (secondary N) is 2.